The summed E-state index contributed by atoms with van der Waals surface area (Å²) in [5, 5.41) is 6.36. The van der Waals surface area contributed by atoms with Crippen molar-refractivity contribution in [3.8, 4) is 11.4 Å². The van der Waals surface area contributed by atoms with Crippen molar-refractivity contribution in [1.29, 1.82) is 0 Å². The van der Waals surface area contributed by atoms with Gasteiger partial charge in [0.1, 0.15) is 0 Å². The molecule has 0 saturated carbocycles. The number of fused-ring (bicyclic) bond motifs is 1. The van der Waals surface area contributed by atoms with Crippen LogP contribution in [0.1, 0.15) is 16.8 Å². The predicted molar refractivity (Wildman–Crippen MR) is 102 cm³/mol. The summed E-state index contributed by atoms with van der Waals surface area (Å²) >= 11 is 0. The number of anilines is 1. The van der Waals surface area contributed by atoms with Crippen molar-refractivity contribution in [3.05, 3.63) is 81.8 Å². The Morgan fingerprint density at radius 1 is 1.04 bits per heavy atom. The molecule has 130 valence electrons. The topological polar surface area (TPSA) is 75.1 Å². The highest BCUT2D eigenvalue weighted by atomic mass is 16.1. The van der Waals surface area contributed by atoms with Gasteiger partial charge in [0.05, 0.1) is 12.2 Å². The fourth-order valence-corrected chi connectivity index (χ4v) is 2.87. The van der Waals surface area contributed by atoms with Gasteiger partial charge in [-0.05, 0) is 31.0 Å². The molecule has 0 amide bonds. The first-order valence-corrected chi connectivity index (χ1v) is 8.46. The normalized spacial score (nSPS) is 11.0. The molecular weight excluding hydrogens is 326 g/mol. The molecule has 0 bridgehead atoms. The molecule has 0 spiro atoms. The Morgan fingerprint density at radius 2 is 1.85 bits per heavy atom. The standard InChI is InChI=1S/C20H19N5O/c1-13-7-6-10-17(14(13)2)21-12-16-11-18(26)25-20(22-16)23-19(24-25)15-8-4-3-5-9-15/h3-11,21H,12H2,1-2H3,(H,22,23,24). The highest BCUT2D eigenvalue weighted by Gasteiger charge is 2.10. The molecule has 0 aliphatic heterocycles. The van der Waals surface area contributed by atoms with E-state index in [1.807, 2.05) is 42.5 Å². The summed E-state index contributed by atoms with van der Waals surface area (Å²) in [7, 11) is 0. The summed E-state index contributed by atoms with van der Waals surface area (Å²) in [5.74, 6) is 0.990. The molecule has 0 unspecified atom stereocenters. The number of nitrogens with one attached hydrogen (secondary N) is 2. The van der Waals surface area contributed by atoms with Gasteiger partial charge in [0, 0.05) is 17.3 Å². The largest absolute Gasteiger partial charge is 0.379 e. The van der Waals surface area contributed by atoms with Crippen LogP contribution in [0.2, 0.25) is 0 Å². The molecule has 2 aromatic carbocycles. The van der Waals surface area contributed by atoms with Crippen LogP contribution >= 0.6 is 0 Å². The van der Waals surface area contributed by atoms with Crippen LogP contribution in [0.15, 0.2) is 59.4 Å². The minimum absolute atomic E-state index is 0.178. The van der Waals surface area contributed by atoms with Crippen LogP contribution in [0.4, 0.5) is 5.69 Å². The third kappa shape index (κ3) is 2.97. The third-order valence-corrected chi connectivity index (χ3v) is 4.50. The van der Waals surface area contributed by atoms with E-state index < -0.39 is 0 Å². The predicted octanol–water partition coefficient (Wildman–Crippen LogP) is 3.31. The van der Waals surface area contributed by atoms with E-state index in [9.17, 15) is 4.79 Å². The lowest BCUT2D eigenvalue weighted by Gasteiger charge is -2.10. The number of hydrogen-bond donors (Lipinski definition) is 2. The summed E-state index contributed by atoms with van der Waals surface area (Å²) in [6.45, 7) is 4.61. The van der Waals surface area contributed by atoms with Gasteiger partial charge in [-0.1, -0.05) is 42.5 Å². The van der Waals surface area contributed by atoms with Crippen LogP contribution in [0.5, 0.6) is 0 Å². The maximum absolute atomic E-state index is 12.4. The van der Waals surface area contributed by atoms with Gasteiger partial charge in [-0.3, -0.25) is 9.89 Å². The van der Waals surface area contributed by atoms with Crippen molar-refractivity contribution in [3.63, 3.8) is 0 Å². The van der Waals surface area contributed by atoms with E-state index in [4.69, 9.17) is 0 Å². The van der Waals surface area contributed by atoms with Crippen molar-refractivity contribution < 1.29 is 0 Å². The molecule has 0 aliphatic carbocycles. The number of aromatic nitrogens is 4. The lowest BCUT2D eigenvalue weighted by Crippen LogP contribution is -2.17. The summed E-state index contributed by atoms with van der Waals surface area (Å²) in [6.07, 6.45) is 0. The molecule has 26 heavy (non-hydrogen) atoms. The lowest BCUT2D eigenvalue weighted by atomic mass is 10.1. The molecule has 2 heterocycles. The second kappa shape index (κ2) is 6.48. The first-order chi connectivity index (χ1) is 12.6. The van der Waals surface area contributed by atoms with Crippen molar-refractivity contribution >= 4 is 11.5 Å². The Balaban J connectivity index is 1.65. The van der Waals surface area contributed by atoms with E-state index in [0.29, 0.717) is 23.8 Å². The van der Waals surface area contributed by atoms with Crippen LogP contribution in [-0.4, -0.2) is 19.6 Å². The zero-order valence-corrected chi connectivity index (χ0v) is 14.7. The average molecular weight is 345 g/mol. The maximum atomic E-state index is 12.4. The molecule has 0 saturated heterocycles. The fourth-order valence-electron chi connectivity index (χ4n) is 2.87. The summed E-state index contributed by atoms with van der Waals surface area (Å²) < 4.78 is 1.36. The van der Waals surface area contributed by atoms with Gasteiger partial charge in [0.25, 0.3) is 11.3 Å². The molecule has 4 rings (SSSR count). The molecule has 0 aliphatic rings. The van der Waals surface area contributed by atoms with Crippen molar-refractivity contribution in [2.75, 3.05) is 5.32 Å². The quantitative estimate of drug-likeness (QED) is 0.595. The van der Waals surface area contributed by atoms with Gasteiger partial charge in [-0.2, -0.15) is 9.50 Å². The van der Waals surface area contributed by atoms with Crippen LogP contribution in [0.3, 0.4) is 0 Å². The Bertz CT molecular complexity index is 1130. The average Bonchev–Trinajstić information content (AvgIpc) is 3.08. The summed E-state index contributed by atoms with van der Waals surface area (Å²) in [5.41, 5.74) is 4.84. The van der Waals surface area contributed by atoms with Gasteiger partial charge in [0.2, 0.25) is 0 Å². The zero-order chi connectivity index (χ0) is 18.1. The second-order valence-electron chi connectivity index (χ2n) is 6.26. The maximum Gasteiger partial charge on any atom is 0.274 e. The molecule has 0 atom stereocenters. The first-order valence-electron chi connectivity index (χ1n) is 8.46. The highest BCUT2D eigenvalue weighted by molar-refractivity contribution is 5.57. The monoisotopic (exact) mass is 345 g/mol. The third-order valence-electron chi connectivity index (χ3n) is 4.50. The van der Waals surface area contributed by atoms with Crippen LogP contribution in [-0.2, 0) is 6.54 Å². The smallest absolute Gasteiger partial charge is 0.274 e. The summed E-state index contributed by atoms with van der Waals surface area (Å²) in [6, 6.07) is 17.3. The molecule has 0 radical (unpaired) electrons. The minimum Gasteiger partial charge on any atom is -0.379 e. The Hall–Kier alpha value is -3.41. The molecule has 0 fully saturated rings. The van der Waals surface area contributed by atoms with E-state index in [-0.39, 0.29) is 5.56 Å². The van der Waals surface area contributed by atoms with Crippen LogP contribution in [0, 0.1) is 13.8 Å². The Kier molecular flexibility index (Phi) is 4.01. The van der Waals surface area contributed by atoms with Gasteiger partial charge in [-0.25, -0.2) is 4.98 Å². The second-order valence-corrected chi connectivity index (χ2v) is 6.26. The number of rotatable bonds is 4. The minimum atomic E-state index is -0.178. The SMILES string of the molecule is Cc1cccc(NCc2cc(=O)n3[nH]c(-c4ccccc4)nc3n2)c1C. The number of aromatic amines is 1. The van der Waals surface area contributed by atoms with E-state index in [2.05, 4.69) is 40.3 Å². The van der Waals surface area contributed by atoms with E-state index in [1.54, 1.807) is 0 Å². The summed E-state index contributed by atoms with van der Waals surface area (Å²) in [4.78, 5) is 21.4. The number of benzene rings is 2. The first kappa shape index (κ1) is 16.1. The van der Waals surface area contributed by atoms with Gasteiger partial charge in [0.15, 0.2) is 5.82 Å². The molecule has 4 aromatic rings. The van der Waals surface area contributed by atoms with E-state index >= 15 is 0 Å². The molecule has 2 N–H and O–H groups in total. The molecule has 6 heteroatoms. The zero-order valence-electron chi connectivity index (χ0n) is 14.7. The number of hydrogen-bond acceptors (Lipinski definition) is 4. The van der Waals surface area contributed by atoms with E-state index in [0.717, 1.165) is 11.3 Å². The molecule has 2 aromatic heterocycles. The Morgan fingerprint density at radius 3 is 2.65 bits per heavy atom. The van der Waals surface area contributed by atoms with Gasteiger partial charge >= 0.3 is 0 Å². The number of aryl methyl sites for hydroxylation is 1. The lowest BCUT2D eigenvalue weighted by molar-refractivity contribution is 0.878. The van der Waals surface area contributed by atoms with Crippen molar-refractivity contribution in [1.82, 2.24) is 19.6 Å². The molecule has 6 nitrogen and oxygen atoms in total. The van der Waals surface area contributed by atoms with Gasteiger partial charge in [-0.15, -0.1) is 0 Å². The number of H-pyrrole nitrogens is 1. The fraction of sp³-hybridized carbons (Fsp3) is 0.150. The van der Waals surface area contributed by atoms with Crippen LogP contribution < -0.4 is 10.9 Å². The Labute approximate surface area is 150 Å². The number of nitrogens with zero attached hydrogens (tertiary/aromatic N) is 3. The van der Waals surface area contributed by atoms with Gasteiger partial charge < -0.3 is 5.32 Å². The highest BCUT2D eigenvalue weighted by Crippen LogP contribution is 2.18. The molecular formula is C20H19N5O. The van der Waals surface area contributed by atoms with E-state index in [1.165, 1.54) is 21.7 Å². The van der Waals surface area contributed by atoms with Crippen LogP contribution in [0.25, 0.3) is 17.2 Å². The van der Waals surface area contributed by atoms with Crippen molar-refractivity contribution in [2.24, 2.45) is 0 Å². The van der Waals surface area contributed by atoms with Crippen molar-refractivity contribution in [2.45, 2.75) is 20.4 Å².